The molecule has 7 heteroatoms. The first kappa shape index (κ1) is 22.9. The molecule has 2 saturated heterocycles. The quantitative estimate of drug-likeness (QED) is 0.495. The first-order chi connectivity index (χ1) is 15.5. The van der Waals surface area contributed by atoms with Gasteiger partial charge in [-0.15, -0.1) is 0 Å². The summed E-state index contributed by atoms with van der Waals surface area (Å²) in [6.45, 7) is 4.84. The average Bonchev–Trinajstić information content (AvgIpc) is 3.06. The van der Waals surface area contributed by atoms with Crippen LogP contribution >= 0.6 is 0 Å². The Morgan fingerprint density at radius 2 is 1.69 bits per heavy atom. The van der Waals surface area contributed by atoms with Crippen LogP contribution in [-0.2, 0) is 14.4 Å². The van der Waals surface area contributed by atoms with E-state index >= 15 is 0 Å². The van der Waals surface area contributed by atoms with E-state index in [4.69, 9.17) is 0 Å². The fraction of sp³-hybridized carbons (Fsp3) is 0.640. The molecule has 1 aromatic carbocycles. The Morgan fingerprint density at radius 1 is 1.00 bits per heavy atom. The van der Waals surface area contributed by atoms with Crippen molar-refractivity contribution in [2.24, 2.45) is 11.8 Å². The Morgan fingerprint density at radius 3 is 2.38 bits per heavy atom. The van der Waals surface area contributed by atoms with Crippen molar-refractivity contribution in [2.45, 2.75) is 44.6 Å². The summed E-state index contributed by atoms with van der Waals surface area (Å²) in [5.74, 6) is -0.483. The van der Waals surface area contributed by atoms with Gasteiger partial charge in [-0.2, -0.15) is 0 Å². The average molecular weight is 441 g/mol. The third-order valence-corrected chi connectivity index (χ3v) is 7.32. The predicted octanol–water partition coefficient (Wildman–Crippen LogP) is 2.05. The molecule has 174 valence electrons. The zero-order chi connectivity index (χ0) is 22.5. The molecule has 0 bridgehead atoms. The molecule has 2 heterocycles. The second-order valence-electron chi connectivity index (χ2n) is 9.50. The van der Waals surface area contributed by atoms with Gasteiger partial charge in [-0.1, -0.05) is 43.2 Å². The van der Waals surface area contributed by atoms with Crippen molar-refractivity contribution in [3.63, 3.8) is 0 Å². The van der Waals surface area contributed by atoms with E-state index in [0.29, 0.717) is 12.6 Å². The number of fused-ring (bicyclic) bond motifs is 1. The molecule has 1 aromatic rings. The minimum absolute atomic E-state index is 0.0606. The molecule has 0 aromatic heterocycles. The number of amides is 3. The third kappa shape index (κ3) is 5.21. The Labute approximate surface area is 191 Å². The number of hydrogen-bond donors (Lipinski definition) is 1. The maximum atomic E-state index is 12.5. The summed E-state index contributed by atoms with van der Waals surface area (Å²) in [6.07, 6.45) is 4.74. The Hall–Kier alpha value is -2.25. The van der Waals surface area contributed by atoms with Crippen LogP contribution in [0.25, 0.3) is 0 Å². The van der Waals surface area contributed by atoms with E-state index in [1.165, 1.54) is 10.5 Å². The molecule has 3 fully saturated rings. The summed E-state index contributed by atoms with van der Waals surface area (Å²) in [4.78, 5) is 43.6. The monoisotopic (exact) mass is 440 g/mol. The van der Waals surface area contributed by atoms with Gasteiger partial charge in [0.2, 0.25) is 17.7 Å². The van der Waals surface area contributed by atoms with Crippen LogP contribution < -0.4 is 5.32 Å². The van der Waals surface area contributed by atoms with Crippen molar-refractivity contribution < 1.29 is 14.4 Å². The fourth-order valence-electron chi connectivity index (χ4n) is 5.48. The first-order valence-corrected chi connectivity index (χ1v) is 12.1. The number of carbonyl (C=O) groups excluding carboxylic acids is 3. The van der Waals surface area contributed by atoms with E-state index in [0.717, 1.165) is 58.3 Å². The summed E-state index contributed by atoms with van der Waals surface area (Å²) in [5, 5.41) is 2.98. The van der Waals surface area contributed by atoms with Crippen LogP contribution in [0.2, 0.25) is 0 Å². The molecule has 3 atom stereocenters. The Bertz CT molecular complexity index is 791. The highest BCUT2D eigenvalue weighted by molar-refractivity contribution is 6.05. The number of benzene rings is 1. The molecule has 7 nitrogen and oxygen atoms in total. The van der Waals surface area contributed by atoms with Crippen molar-refractivity contribution in [3.05, 3.63) is 35.9 Å². The second-order valence-corrected chi connectivity index (χ2v) is 9.50. The summed E-state index contributed by atoms with van der Waals surface area (Å²) < 4.78 is 0. The Kier molecular flexibility index (Phi) is 7.58. The zero-order valence-corrected chi connectivity index (χ0v) is 19.2. The van der Waals surface area contributed by atoms with Crippen molar-refractivity contribution >= 4 is 17.7 Å². The lowest BCUT2D eigenvalue weighted by molar-refractivity contribution is -0.140. The minimum atomic E-state index is -0.138. The molecular weight excluding hydrogens is 404 g/mol. The largest absolute Gasteiger partial charge is 0.356 e. The lowest BCUT2D eigenvalue weighted by atomic mass is 9.81. The van der Waals surface area contributed by atoms with Gasteiger partial charge in [0.1, 0.15) is 0 Å². The van der Waals surface area contributed by atoms with Gasteiger partial charge in [0, 0.05) is 51.7 Å². The van der Waals surface area contributed by atoms with Gasteiger partial charge in [-0.3, -0.25) is 24.2 Å². The van der Waals surface area contributed by atoms with Crippen molar-refractivity contribution in [1.82, 2.24) is 20.0 Å². The van der Waals surface area contributed by atoms with Crippen LogP contribution in [-0.4, -0.2) is 78.7 Å². The van der Waals surface area contributed by atoms with E-state index < -0.39 is 0 Å². The molecule has 0 spiro atoms. The molecule has 3 aliphatic rings. The van der Waals surface area contributed by atoms with Crippen LogP contribution in [0.3, 0.4) is 0 Å². The van der Waals surface area contributed by atoms with Crippen LogP contribution in [0.15, 0.2) is 30.3 Å². The molecule has 1 saturated carbocycles. The standard InChI is InChI=1S/C25H36N4O3/c1-27-16-17-28(22(18-27)19-8-3-2-4-9-19)14-7-13-26-23(30)12-15-29-24(31)20-10-5-6-11-21(20)25(29)32/h2-4,8-9,20-22H,5-7,10-18H2,1H3,(H,26,30). The van der Waals surface area contributed by atoms with Crippen LogP contribution in [0.1, 0.15) is 50.1 Å². The van der Waals surface area contributed by atoms with E-state index in [-0.39, 0.29) is 42.5 Å². The number of nitrogens with one attached hydrogen (secondary N) is 1. The minimum Gasteiger partial charge on any atom is -0.356 e. The van der Waals surface area contributed by atoms with Gasteiger partial charge in [0.05, 0.1) is 11.8 Å². The summed E-state index contributed by atoms with van der Waals surface area (Å²) in [6, 6.07) is 11.0. The topological polar surface area (TPSA) is 73.0 Å². The lowest BCUT2D eigenvalue weighted by Gasteiger charge is -2.40. The summed E-state index contributed by atoms with van der Waals surface area (Å²) in [5.41, 5.74) is 1.34. The molecular formula is C25H36N4O3. The van der Waals surface area contributed by atoms with Crippen LogP contribution in [0, 0.1) is 11.8 Å². The maximum Gasteiger partial charge on any atom is 0.233 e. The van der Waals surface area contributed by atoms with Gasteiger partial charge in [-0.05, 0) is 31.9 Å². The number of rotatable bonds is 8. The van der Waals surface area contributed by atoms with Gasteiger partial charge in [0.15, 0.2) is 0 Å². The highest BCUT2D eigenvalue weighted by atomic mass is 16.2. The maximum absolute atomic E-state index is 12.5. The zero-order valence-electron chi connectivity index (χ0n) is 19.2. The van der Waals surface area contributed by atoms with Crippen LogP contribution in [0.5, 0.6) is 0 Å². The summed E-state index contributed by atoms with van der Waals surface area (Å²) >= 11 is 0. The molecule has 32 heavy (non-hydrogen) atoms. The molecule has 4 rings (SSSR count). The normalized spacial score (nSPS) is 26.9. The molecule has 3 amide bonds. The SMILES string of the molecule is CN1CCN(CCCNC(=O)CCN2C(=O)C3CCCCC3C2=O)C(c2ccccc2)C1. The molecule has 0 radical (unpaired) electrons. The molecule has 2 aliphatic heterocycles. The highest BCUT2D eigenvalue weighted by Gasteiger charge is 2.47. The molecule has 1 aliphatic carbocycles. The highest BCUT2D eigenvalue weighted by Crippen LogP contribution is 2.37. The predicted molar refractivity (Wildman–Crippen MR) is 123 cm³/mol. The van der Waals surface area contributed by atoms with Gasteiger partial charge >= 0.3 is 0 Å². The lowest BCUT2D eigenvalue weighted by Crippen LogP contribution is -2.47. The van der Waals surface area contributed by atoms with Crippen molar-refractivity contribution in [1.29, 1.82) is 0 Å². The van der Waals surface area contributed by atoms with E-state index in [9.17, 15) is 14.4 Å². The number of likely N-dealkylation sites (tertiary alicyclic amines) is 1. The van der Waals surface area contributed by atoms with Gasteiger partial charge in [-0.25, -0.2) is 0 Å². The first-order valence-electron chi connectivity index (χ1n) is 12.1. The number of hydrogen-bond acceptors (Lipinski definition) is 5. The summed E-state index contributed by atoms with van der Waals surface area (Å²) in [7, 11) is 2.16. The molecule has 3 unspecified atom stereocenters. The number of imide groups is 1. The number of piperazine rings is 1. The van der Waals surface area contributed by atoms with E-state index in [1.807, 2.05) is 6.07 Å². The second kappa shape index (κ2) is 10.6. The van der Waals surface area contributed by atoms with Crippen molar-refractivity contribution in [3.8, 4) is 0 Å². The molecule has 1 N–H and O–H groups in total. The van der Waals surface area contributed by atoms with Crippen molar-refractivity contribution in [2.75, 3.05) is 46.3 Å². The fourth-order valence-corrected chi connectivity index (χ4v) is 5.48. The van der Waals surface area contributed by atoms with Gasteiger partial charge < -0.3 is 10.2 Å². The van der Waals surface area contributed by atoms with Gasteiger partial charge in [0.25, 0.3) is 0 Å². The number of nitrogens with zero attached hydrogens (tertiary/aromatic N) is 3. The third-order valence-electron chi connectivity index (χ3n) is 7.32. The van der Waals surface area contributed by atoms with E-state index in [1.54, 1.807) is 0 Å². The number of likely N-dealkylation sites (N-methyl/N-ethyl adjacent to an activating group) is 1. The van der Waals surface area contributed by atoms with E-state index in [2.05, 4.69) is 46.4 Å². The smallest absolute Gasteiger partial charge is 0.233 e. The van der Waals surface area contributed by atoms with Crippen LogP contribution in [0.4, 0.5) is 0 Å². The Balaban J connectivity index is 1.19. The number of carbonyl (C=O) groups is 3.